The van der Waals surface area contributed by atoms with Crippen molar-refractivity contribution in [3.05, 3.63) is 27.3 Å². The summed E-state index contributed by atoms with van der Waals surface area (Å²) in [7, 11) is 0. The van der Waals surface area contributed by atoms with Crippen molar-refractivity contribution in [1.29, 1.82) is 0 Å². The second-order valence-corrected chi connectivity index (χ2v) is 2.97. The highest BCUT2D eigenvalue weighted by atomic mass is 127. The molecular formula is C6H3F3IN. The molecular weight excluding hydrogens is 270 g/mol. The molecule has 0 aliphatic rings. The van der Waals surface area contributed by atoms with Crippen LogP contribution in [0.2, 0.25) is 0 Å². The first kappa shape index (κ1) is 8.76. The average Bonchev–Trinajstić information content (AvgIpc) is 1.94. The molecule has 0 radical (unpaired) electrons. The fourth-order valence-corrected chi connectivity index (χ4v) is 0.853. The lowest BCUT2D eigenvalue weighted by Gasteiger charge is -1.98. The van der Waals surface area contributed by atoms with E-state index in [9.17, 15) is 13.2 Å². The highest BCUT2D eigenvalue weighted by Crippen LogP contribution is 2.18. The predicted molar refractivity (Wildman–Crippen MR) is 41.9 cm³/mol. The molecule has 1 aromatic rings. The summed E-state index contributed by atoms with van der Waals surface area (Å²) in [6, 6.07) is 2.37. The van der Waals surface area contributed by atoms with Gasteiger partial charge in [0.2, 0.25) is 5.95 Å². The van der Waals surface area contributed by atoms with E-state index in [1.165, 1.54) is 6.07 Å². The molecule has 1 rings (SSSR count). The van der Waals surface area contributed by atoms with Crippen molar-refractivity contribution in [2.75, 3.05) is 0 Å². The molecule has 0 spiro atoms. The second kappa shape index (κ2) is 3.38. The van der Waals surface area contributed by atoms with Crippen LogP contribution in [0.3, 0.4) is 0 Å². The Labute approximate surface area is 74.8 Å². The highest BCUT2D eigenvalue weighted by Gasteiger charge is 2.10. The molecule has 1 heterocycles. The molecule has 1 aromatic heterocycles. The van der Waals surface area contributed by atoms with E-state index in [1.807, 2.05) is 0 Å². The van der Waals surface area contributed by atoms with Gasteiger partial charge in [0.25, 0.3) is 6.43 Å². The van der Waals surface area contributed by atoms with Gasteiger partial charge < -0.3 is 0 Å². The lowest BCUT2D eigenvalue weighted by molar-refractivity contribution is 0.144. The van der Waals surface area contributed by atoms with E-state index < -0.39 is 18.1 Å². The molecule has 0 saturated carbocycles. The van der Waals surface area contributed by atoms with Gasteiger partial charge in [-0.2, -0.15) is 4.39 Å². The number of rotatable bonds is 1. The van der Waals surface area contributed by atoms with E-state index in [4.69, 9.17) is 0 Å². The Balaban J connectivity index is 3.05. The van der Waals surface area contributed by atoms with E-state index in [-0.39, 0.29) is 3.57 Å². The molecule has 0 N–H and O–H groups in total. The van der Waals surface area contributed by atoms with E-state index in [2.05, 4.69) is 4.98 Å². The zero-order valence-electron chi connectivity index (χ0n) is 5.19. The second-order valence-electron chi connectivity index (χ2n) is 1.81. The van der Waals surface area contributed by atoms with Crippen molar-refractivity contribution in [1.82, 2.24) is 4.98 Å². The van der Waals surface area contributed by atoms with E-state index in [1.54, 1.807) is 22.6 Å². The first-order valence-electron chi connectivity index (χ1n) is 2.71. The van der Waals surface area contributed by atoms with Crippen molar-refractivity contribution in [3.63, 3.8) is 0 Å². The summed E-state index contributed by atoms with van der Waals surface area (Å²) < 4.78 is 36.4. The molecule has 1 nitrogen and oxygen atoms in total. The lowest BCUT2D eigenvalue weighted by atomic mass is 10.4. The smallest absolute Gasteiger partial charge is 0.218 e. The predicted octanol–water partition coefficient (Wildman–Crippen LogP) is 2.76. The molecule has 0 bridgehead atoms. The van der Waals surface area contributed by atoms with Gasteiger partial charge in [-0.05, 0) is 34.7 Å². The average molecular weight is 273 g/mol. The number of hydrogen-bond donors (Lipinski definition) is 0. The summed E-state index contributed by atoms with van der Waals surface area (Å²) >= 11 is 1.68. The summed E-state index contributed by atoms with van der Waals surface area (Å²) in [4.78, 5) is 3.05. The van der Waals surface area contributed by atoms with Crippen molar-refractivity contribution >= 4 is 22.6 Å². The standard InChI is InChI=1S/C6H3F3IN/c7-5(8)4-2-1-3(10)6(9)11-4/h1-2,5H. The molecule has 0 fully saturated rings. The molecule has 0 aromatic carbocycles. The summed E-state index contributed by atoms with van der Waals surface area (Å²) in [6.45, 7) is 0. The number of alkyl halides is 2. The van der Waals surface area contributed by atoms with E-state index in [0.717, 1.165) is 6.07 Å². The number of halogens is 4. The molecule has 60 valence electrons. The molecule has 5 heteroatoms. The Kier molecular flexibility index (Phi) is 2.69. The molecule has 0 aliphatic heterocycles. The Morgan fingerprint density at radius 3 is 2.45 bits per heavy atom. The zero-order chi connectivity index (χ0) is 8.43. The minimum absolute atomic E-state index is 0.243. The van der Waals surface area contributed by atoms with Gasteiger partial charge in [-0.3, -0.25) is 0 Å². The fourth-order valence-electron chi connectivity index (χ4n) is 0.553. The Morgan fingerprint density at radius 1 is 1.36 bits per heavy atom. The van der Waals surface area contributed by atoms with Gasteiger partial charge in [-0.25, -0.2) is 13.8 Å². The largest absolute Gasteiger partial charge is 0.280 e. The van der Waals surface area contributed by atoms with E-state index >= 15 is 0 Å². The Bertz CT molecular complexity index is 264. The van der Waals surface area contributed by atoms with Gasteiger partial charge in [-0.1, -0.05) is 0 Å². The van der Waals surface area contributed by atoms with Gasteiger partial charge in [-0.15, -0.1) is 0 Å². The van der Waals surface area contributed by atoms with Gasteiger partial charge in [0, 0.05) is 0 Å². The third-order valence-corrected chi connectivity index (χ3v) is 1.85. The van der Waals surface area contributed by atoms with Gasteiger partial charge in [0.05, 0.1) is 3.57 Å². The van der Waals surface area contributed by atoms with Crippen LogP contribution in [0.1, 0.15) is 12.1 Å². The van der Waals surface area contributed by atoms with Crippen LogP contribution in [-0.4, -0.2) is 4.98 Å². The Hall–Kier alpha value is -0.330. The van der Waals surface area contributed by atoms with Crippen LogP contribution >= 0.6 is 22.6 Å². The van der Waals surface area contributed by atoms with Gasteiger partial charge in [0.1, 0.15) is 5.69 Å². The third-order valence-electron chi connectivity index (χ3n) is 1.05. The minimum atomic E-state index is -2.71. The number of pyridine rings is 1. The molecule has 11 heavy (non-hydrogen) atoms. The molecule has 0 saturated heterocycles. The summed E-state index contributed by atoms with van der Waals surface area (Å²) in [5.74, 6) is -0.844. The van der Waals surface area contributed by atoms with Gasteiger partial charge >= 0.3 is 0 Å². The van der Waals surface area contributed by atoms with Crippen LogP contribution in [0.15, 0.2) is 12.1 Å². The minimum Gasteiger partial charge on any atom is -0.218 e. The Morgan fingerprint density at radius 2 is 2.00 bits per heavy atom. The van der Waals surface area contributed by atoms with E-state index in [0.29, 0.717) is 0 Å². The first-order valence-corrected chi connectivity index (χ1v) is 3.79. The SMILES string of the molecule is Fc1nc(C(F)F)ccc1I. The summed E-state index contributed by atoms with van der Waals surface area (Å²) in [5.41, 5.74) is -0.525. The van der Waals surface area contributed by atoms with Crippen LogP contribution in [0.25, 0.3) is 0 Å². The van der Waals surface area contributed by atoms with Crippen LogP contribution in [0.4, 0.5) is 13.2 Å². The van der Waals surface area contributed by atoms with Crippen molar-refractivity contribution in [3.8, 4) is 0 Å². The van der Waals surface area contributed by atoms with Crippen LogP contribution in [-0.2, 0) is 0 Å². The van der Waals surface area contributed by atoms with Crippen molar-refractivity contribution in [2.45, 2.75) is 6.43 Å². The maximum absolute atomic E-state index is 12.5. The monoisotopic (exact) mass is 273 g/mol. The number of nitrogens with zero attached hydrogens (tertiary/aromatic N) is 1. The molecule has 0 unspecified atom stereocenters. The van der Waals surface area contributed by atoms with Crippen LogP contribution < -0.4 is 0 Å². The number of aromatic nitrogens is 1. The molecule has 0 aliphatic carbocycles. The molecule has 0 amide bonds. The van der Waals surface area contributed by atoms with Crippen molar-refractivity contribution in [2.24, 2.45) is 0 Å². The topological polar surface area (TPSA) is 12.9 Å². The maximum Gasteiger partial charge on any atom is 0.280 e. The maximum atomic E-state index is 12.5. The first-order chi connectivity index (χ1) is 5.11. The van der Waals surface area contributed by atoms with Crippen LogP contribution in [0.5, 0.6) is 0 Å². The summed E-state index contributed by atoms with van der Waals surface area (Å²) in [6.07, 6.45) is -2.71. The highest BCUT2D eigenvalue weighted by molar-refractivity contribution is 14.1. The quantitative estimate of drug-likeness (QED) is 0.566. The third kappa shape index (κ3) is 2.05. The lowest BCUT2D eigenvalue weighted by Crippen LogP contribution is -1.94. The summed E-state index contributed by atoms with van der Waals surface area (Å²) in [5, 5.41) is 0. The zero-order valence-corrected chi connectivity index (χ0v) is 7.35. The van der Waals surface area contributed by atoms with Crippen LogP contribution in [0, 0.1) is 9.52 Å². The van der Waals surface area contributed by atoms with Gasteiger partial charge in [0.15, 0.2) is 0 Å². The number of hydrogen-bond acceptors (Lipinski definition) is 1. The van der Waals surface area contributed by atoms with Crippen molar-refractivity contribution < 1.29 is 13.2 Å². The molecule has 0 atom stereocenters. The fraction of sp³-hybridized carbons (Fsp3) is 0.167. The normalized spacial score (nSPS) is 10.6.